The van der Waals surface area contributed by atoms with Crippen LogP contribution in [0.1, 0.15) is 29.6 Å². The normalized spacial score (nSPS) is 21.3. The van der Waals surface area contributed by atoms with Crippen molar-refractivity contribution in [3.05, 3.63) is 46.6 Å². The van der Waals surface area contributed by atoms with Gasteiger partial charge in [0.15, 0.2) is 5.82 Å². The molecule has 0 saturated heterocycles. The van der Waals surface area contributed by atoms with Crippen molar-refractivity contribution in [3.63, 3.8) is 0 Å². The minimum absolute atomic E-state index is 0.134. The number of aliphatic carboxylic acids is 1. The van der Waals surface area contributed by atoms with Gasteiger partial charge in [0.2, 0.25) is 5.89 Å². The Morgan fingerprint density at radius 3 is 2.95 bits per heavy atom. The molecule has 0 aliphatic heterocycles. The maximum atomic E-state index is 10.8. The standard InChI is InChI=1S/C13H11ClN2O3/c14-10-4-2-1-3-7(10)5-11-15-12(19-16-11)8-6-9(8)13(17)18/h1-4,8-9H,5-6H2,(H,17,18). The molecule has 2 atom stereocenters. The maximum Gasteiger partial charge on any atom is 0.307 e. The van der Waals surface area contributed by atoms with Crippen LogP contribution < -0.4 is 0 Å². The van der Waals surface area contributed by atoms with Crippen LogP contribution in [-0.2, 0) is 11.2 Å². The molecule has 1 aromatic heterocycles. The largest absolute Gasteiger partial charge is 0.481 e. The van der Waals surface area contributed by atoms with Crippen molar-refractivity contribution in [1.82, 2.24) is 10.1 Å². The van der Waals surface area contributed by atoms with E-state index in [1.165, 1.54) is 0 Å². The molecule has 1 aliphatic carbocycles. The van der Waals surface area contributed by atoms with Crippen LogP contribution in [0.15, 0.2) is 28.8 Å². The van der Waals surface area contributed by atoms with Crippen LogP contribution in [0.2, 0.25) is 5.02 Å². The average Bonchev–Trinajstić information content (AvgIpc) is 3.06. The molecule has 98 valence electrons. The minimum atomic E-state index is -0.809. The molecule has 0 spiro atoms. The highest BCUT2D eigenvalue weighted by molar-refractivity contribution is 6.31. The molecule has 0 amide bonds. The zero-order valence-electron chi connectivity index (χ0n) is 9.91. The highest BCUT2D eigenvalue weighted by Crippen LogP contribution is 2.46. The summed E-state index contributed by atoms with van der Waals surface area (Å²) in [5.74, 6) is -0.386. The zero-order chi connectivity index (χ0) is 13.4. The van der Waals surface area contributed by atoms with E-state index in [1.54, 1.807) is 6.07 Å². The van der Waals surface area contributed by atoms with Crippen molar-refractivity contribution in [2.45, 2.75) is 18.8 Å². The summed E-state index contributed by atoms with van der Waals surface area (Å²) in [7, 11) is 0. The van der Waals surface area contributed by atoms with E-state index in [1.807, 2.05) is 18.2 Å². The Kier molecular flexibility index (Phi) is 2.98. The summed E-state index contributed by atoms with van der Waals surface area (Å²) in [6.45, 7) is 0. The number of nitrogens with zero attached hydrogens (tertiary/aromatic N) is 2. The van der Waals surface area contributed by atoms with Gasteiger partial charge >= 0.3 is 5.97 Å². The van der Waals surface area contributed by atoms with Crippen LogP contribution in [0, 0.1) is 5.92 Å². The first-order chi connectivity index (χ1) is 9.15. The molecule has 5 nitrogen and oxygen atoms in total. The molecule has 1 aromatic carbocycles. The van der Waals surface area contributed by atoms with Crippen LogP contribution in [0.5, 0.6) is 0 Å². The molecule has 0 radical (unpaired) electrons. The molecule has 2 unspecified atom stereocenters. The predicted molar refractivity (Wildman–Crippen MR) is 67.0 cm³/mol. The van der Waals surface area contributed by atoms with Crippen molar-refractivity contribution in [3.8, 4) is 0 Å². The summed E-state index contributed by atoms with van der Waals surface area (Å²) in [5, 5.41) is 13.4. The highest BCUT2D eigenvalue weighted by atomic mass is 35.5. The minimum Gasteiger partial charge on any atom is -0.481 e. The summed E-state index contributed by atoms with van der Waals surface area (Å²) in [5.41, 5.74) is 0.919. The third-order valence-electron chi connectivity index (χ3n) is 3.22. The molecule has 1 saturated carbocycles. The molecular formula is C13H11ClN2O3. The molecule has 1 aliphatic rings. The van der Waals surface area contributed by atoms with Crippen LogP contribution >= 0.6 is 11.6 Å². The summed E-state index contributed by atoms with van der Waals surface area (Å²) in [4.78, 5) is 15.0. The van der Waals surface area contributed by atoms with Gasteiger partial charge in [-0.2, -0.15) is 4.98 Å². The molecule has 6 heteroatoms. The van der Waals surface area contributed by atoms with Gasteiger partial charge in [0.25, 0.3) is 0 Å². The molecule has 2 aromatic rings. The fourth-order valence-electron chi connectivity index (χ4n) is 2.04. The topological polar surface area (TPSA) is 76.2 Å². The van der Waals surface area contributed by atoms with E-state index in [4.69, 9.17) is 21.2 Å². The number of rotatable bonds is 4. The second-order valence-corrected chi connectivity index (χ2v) is 5.01. The summed E-state index contributed by atoms with van der Waals surface area (Å²) >= 11 is 6.06. The van der Waals surface area contributed by atoms with Gasteiger partial charge in [0.1, 0.15) is 0 Å². The van der Waals surface area contributed by atoms with Gasteiger partial charge in [-0.3, -0.25) is 4.79 Å². The van der Waals surface area contributed by atoms with E-state index in [9.17, 15) is 4.79 Å². The van der Waals surface area contributed by atoms with E-state index < -0.39 is 5.97 Å². The van der Waals surface area contributed by atoms with Crippen molar-refractivity contribution in [1.29, 1.82) is 0 Å². The van der Waals surface area contributed by atoms with Crippen molar-refractivity contribution >= 4 is 17.6 Å². The summed E-state index contributed by atoms with van der Waals surface area (Å²) in [6.07, 6.45) is 1.05. The predicted octanol–water partition coefficient (Wildman–Crippen LogP) is 2.50. The van der Waals surface area contributed by atoms with Gasteiger partial charge in [-0.1, -0.05) is 35.0 Å². The van der Waals surface area contributed by atoms with Gasteiger partial charge in [-0.25, -0.2) is 0 Å². The van der Waals surface area contributed by atoms with Crippen LogP contribution in [0.3, 0.4) is 0 Å². The second kappa shape index (κ2) is 4.66. The van der Waals surface area contributed by atoms with Gasteiger partial charge in [-0.05, 0) is 18.1 Å². The third kappa shape index (κ3) is 2.46. The lowest BCUT2D eigenvalue weighted by atomic mass is 10.1. The van der Waals surface area contributed by atoms with Gasteiger partial charge in [0, 0.05) is 11.4 Å². The van der Waals surface area contributed by atoms with Crippen LogP contribution in [0.4, 0.5) is 0 Å². The lowest BCUT2D eigenvalue weighted by Crippen LogP contribution is -1.99. The van der Waals surface area contributed by atoms with Crippen LogP contribution in [0.25, 0.3) is 0 Å². The molecule has 1 fully saturated rings. The fourth-order valence-corrected chi connectivity index (χ4v) is 2.25. The number of carboxylic acids is 1. The first-order valence-corrected chi connectivity index (χ1v) is 6.31. The SMILES string of the molecule is O=C(O)C1CC1c1nc(Cc2ccccc2Cl)no1. The van der Waals surface area contributed by atoms with Crippen LogP contribution in [-0.4, -0.2) is 21.2 Å². The van der Waals surface area contributed by atoms with Gasteiger partial charge in [-0.15, -0.1) is 0 Å². The molecular weight excluding hydrogens is 268 g/mol. The van der Waals surface area contributed by atoms with Crippen molar-refractivity contribution in [2.24, 2.45) is 5.92 Å². The number of halogens is 1. The summed E-state index contributed by atoms with van der Waals surface area (Å²) < 4.78 is 5.11. The monoisotopic (exact) mass is 278 g/mol. The fraction of sp³-hybridized carbons (Fsp3) is 0.308. The Hall–Kier alpha value is -1.88. The molecule has 1 heterocycles. The van der Waals surface area contributed by atoms with Gasteiger partial charge < -0.3 is 9.63 Å². The van der Waals surface area contributed by atoms with E-state index in [2.05, 4.69) is 10.1 Å². The first kappa shape index (κ1) is 12.2. The zero-order valence-corrected chi connectivity index (χ0v) is 10.7. The first-order valence-electron chi connectivity index (χ1n) is 5.94. The number of hydrogen-bond donors (Lipinski definition) is 1. The van der Waals surface area contributed by atoms with Crippen molar-refractivity contribution in [2.75, 3.05) is 0 Å². The quantitative estimate of drug-likeness (QED) is 0.930. The van der Waals surface area contributed by atoms with E-state index in [0.717, 1.165) is 5.56 Å². The molecule has 1 N–H and O–H groups in total. The lowest BCUT2D eigenvalue weighted by molar-refractivity contribution is -0.138. The van der Waals surface area contributed by atoms with E-state index >= 15 is 0 Å². The third-order valence-corrected chi connectivity index (χ3v) is 3.58. The maximum absolute atomic E-state index is 10.8. The number of carboxylic acid groups (broad SMARTS) is 1. The van der Waals surface area contributed by atoms with Crippen molar-refractivity contribution < 1.29 is 14.4 Å². The number of benzene rings is 1. The van der Waals surface area contributed by atoms with E-state index in [-0.39, 0.29) is 11.8 Å². The van der Waals surface area contributed by atoms with Gasteiger partial charge in [0.05, 0.1) is 11.8 Å². The molecule has 3 rings (SSSR count). The highest BCUT2D eigenvalue weighted by Gasteiger charge is 2.48. The smallest absolute Gasteiger partial charge is 0.307 e. The molecule has 0 bridgehead atoms. The summed E-state index contributed by atoms with van der Waals surface area (Å²) in [6, 6.07) is 7.45. The lowest BCUT2D eigenvalue weighted by Gasteiger charge is -1.98. The number of aromatic nitrogens is 2. The number of hydrogen-bond acceptors (Lipinski definition) is 4. The Bertz CT molecular complexity index is 626. The molecule has 19 heavy (non-hydrogen) atoms. The Labute approximate surface area is 114 Å². The Morgan fingerprint density at radius 2 is 2.26 bits per heavy atom. The Morgan fingerprint density at radius 1 is 1.47 bits per heavy atom. The second-order valence-electron chi connectivity index (χ2n) is 4.60. The Balaban J connectivity index is 1.73. The average molecular weight is 279 g/mol. The number of carbonyl (C=O) groups is 1. The van der Waals surface area contributed by atoms with E-state index in [0.29, 0.717) is 29.6 Å².